The van der Waals surface area contributed by atoms with Crippen molar-refractivity contribution in [3.63, 3.8) is 0 Å². The Morgan fingerprint density at radius 1 is 0.864 bits per heavy atom. The highest BCUT2D eigenvalue weighted by molar-refractivity contribution is 8.08. The van der Waals surface area contributed by atoms with E-state index in [1.807, 2.05) is 0 Å². The smallest absolute Gasteiger partial charge is 0.273 e. The van der Waals surface area contributed by atoms with Gasteiger partial charge in [0.1, 0.15) is 5.75 Å². The summed E-state index contributed by atoms with van der Waals surface area (Å²) in [4.78, 5) is 26.6. The van der Waals surface area contributed by atoms with Gasteiger partial charge in [-0.3, -0.25) is 9.59 Å². The zero-order chi connectivity index (χ0) is 16.1. The summed E-state index contributed by atoms with van der Waals surface area (Å²) in [6.45, 7) is -0.209. The predicted octanol–water partition coefficient (Wildman–Crippen LogP) is 0.928. The Labute approximate surface area is 135 Å². The number of phenolic OH excluding ortho intramolecular Hbond substituents is 1. The van der Waals surface area contributed by atoms with E-state index in [0.717, 1.165) is 28.4 Å². The number of rotatable bonds is 7. The Hall–Kier alpha value is -1.48. The molecule has 0 aromatic heterocycles. The lowest BCUT2D eigenvalue weighted by molar-refractivity contribution is -0.120. The molecule has 2 rings (SSSR count). The van der Waals surface area contributed by atoms with Gasteiger partial charge in [0.05, 0.1) is 28.7 Å². The lowest BCUT2D eigenvalue weighted by atomic mass is 10.3. The SMILES string of the molecule is O=C1C(SCCO)=C(SCCO)C(=O)N1c1ccc(O)cc1. The largest absolute Gasteiger partial charge is 0.508 e. The highest BCUT2D eigenvalue weighted by Gasteiger charge is 2.39. The van der Waals surface area contributed by atoms with E-state index in [0.29, 0.717) is 17.2 Å². The number of imide groups is 1. The van der Waals surface area contributed by atoms with Crippen LogP contribution in [0.5, 0.6) is 5.75 Å². The monoisotopic (exact) mass is 341 g/mol. The third-order valence-electron chi connectivity index (χ3n) is 2.78. The van der Waals surface area contributed by atoms with Gasteiger partial charge in [0.15, 0.2) is 0 Å². The van der Waals surface area contributed by atoms with Crippen LogP contribution in [0.4, 0.5) is 5.69 Å². The van der Waals surface area contributed by atoms with Crippen LogP contribution in [0.15, 0.2) is 34.1 Å². The molecule has 1 aliphatic heterocycles. The summed E-state index contributed by atoms with van der Waals surface area (Å²) >= 11 is 2.24. The first kappa shape index (κ1) is 16.9. The number of aliphatic hydroxyl groups is 2. The van der Waals surface area contributed by atoms with Crippen molar-refractivity contribution in [3.8, 4) is 5.75 Å². The van der Waals surface area contributed by atoms with E-state index in [-0.39, 0.29) is 28.8 Å². The molecular weight excluding hydrogens is 326 g/mol. The summed E-state index contributed by atoms with van der Waals surface area (Å²) in [5, 5.41) is 27.2. The number of anilines is 1. The van der Waals surface area contributed by atoms with E-state index in [1.165, 1.54) is 24.3 Å². The fourth-order valence-electron chi connectivity index (χ4n) is 1.88. The molecule has 2 amide bonds. The number of nitrogens with zero attached hydrogens (tertiary/aromatic N) is 1. The molecule has 0 radical (unpaired) electrons. The van der Waals surface area contributed by atoms with E-state index in [9.17, 15) is 14.7 Å². The Kier molecular flexibility index (Phi) is 5.90. The Morgan fingerprint density at radius 2 is 1.32 bits per heavy atom. The summed E-state index contributed by atoms with van der Waals surface area (Å²) in [6.07, 6.45) is 0. The first-order chi connectivity index (χ1) is 10.6. The molecule has 118 valence electrons. The molecule has 1 aliphatic rings. The second-order valence-corrected chi connectivity index (χ2v) is 6.47. The van der Waals surface area contributed by atoms with Crippen molar-refractivity contribution in [2.75, 3.05) is 29.6 Å². The number of carbonyl (C=O) groups excluding carboxylic acids is 2. The highest BCUT2D eigenvalue weighted by Crippen LogP contribution is 2.38. The first-order valence-corrected chi connectivity index (χ1v) is 8.46. The van der Waals surface area contributed by atoms with Crippen LogP contribution in [-0.2, 0) is 9.59 Å². The van der Waals surface area contributed by atoms with Crippen LogP contribution in [0.3, 0.4) is 0 Å². The van der Waals surface area contributed by atoms with Gasteiger partial charge < -0.3 is 15.3 Å². The maximum atomic E-state index is 12.5. The molecular formula is C14H15NO5S2. The van der Waals surface area contributed by atoms with Crippen molar-refractivity contribution in [1.29, 1.82) is 0 Å². The predicted molar refractivity (Wildman–Crippen MR) is 86.7 cm³/mol. The van der Waals surface area contributed by atoms with Gasteiger partial charge in [-0.05, 0) is 24.3 Å². The average Bonchev–Trinajstić information content (AvgIpc) is 2.74. The van der Waals surface area contributed by atoms with Crippen molar-refractivity contribution in [2.45, 2.75) is 0 Å². The summed E-state index contributed by atoms with van der Waals surface area (Å²) in [5.74, 6) is -0.244. The summed E-state index contributed by atoms with van der Waals surface area (Å²) in [7, 11) is 0. The fourth-order valence-corrected chi connectivity index (χ4v) is 3.69. The average molecular weight is 341 g/mol. The molecule has 0 unspecified atom stereocenters. The van der Waals surface area contributed by atoms with Gasteiger partial charge in [-0.1, -0.05) is 0 Å². The summed E-state index contributed by atoms with van der Waals surface area (Å²) in [6, 6.07) is 5.77. The normalized spacial score (nSPS) is 15.1. The molecule has 1 aromatic rings. The van der Waals surface area contributed by atoms with Crippen LogP contribution in [0.2, 0.25) is 0 Å². The number of hydrogen-bond donors (Lipinski definition) is 3. The molecule has 0 saturated carbocycles. The van der Waals surface area contributed by atoms with E-state index < -0.39 is 11.8 Å². The Balaban J connectivity index is 2.31. The van der Waals surface area contributed by atoms with Crippen molar-refractivity contribution >= 4 is 41.0 Å². The molecule has 22 heavy (non-hydrogen) atoms. The van der Waals surface area contributed by atoms with Crippen LogP contribution in [-0.4, -0.2) is 51.9 Å². The van der Waals surface area contributed by atoms with E-state index >= 15 is 0 Å². The van der Waals surface area contributed by atoms with Crippen LogP contribution < -0.4 is 4.90 Å². The maximum Gasteiger partial charge on any atom is 0.273 e. The Morgan fingerprint density at radius 3 is 1.73 bits per heavy atom. The number of aliphatic hydroxyl groups excluding tert-OH is 2. The van der Waals surface area contributed by atoms with Gasteiger partial charge in [-0.2, -0.15) is 0 Å². The van der Waals surface area contributed by atoms with Gasteiger partial charge in [0, 0.05) is 11.5 Å². The molecule has 1 heterocycles. The van der Waals surface area contributed by atoms with Gasteiger partial charge in [-0.15, -0.1) is 23.5 Å². The molecule has 8 heteroatoms. The van der Waals surface area contributed by atoms with Crippen LogP contribution in [0.1, 0.15) is 0 Å². The van der Waals surface area contributed by atoms with E-state index in [1.54, 1.807) is 0 Å². The van der Waals surface area contributed by atoms with E-state index in [2.05, 4.69) is 0 Å². The molecule has 0 atom stereocenters. The Bertz CT molecular complexity index is 570. The highest BCUT2D eigenvalue weighted by atomic mass is 32.2. The standard InChI is InChI=1S/C14H15NO5S2/c16-5-7-21-11-12(22-8-6-17)14(20)15(13(11)19)9-1-3-10(18)4-2-9/h1-4,16-18H,5-8H2. The van der Waals surface area contributed by atoms with Crippen LogP contribution >= 0.6 is 23.5 Å². The van der Waals surface area contributed by atoms with Gasteiger partial charge in [0.2, 0.25) is 0 Å². The fraction of sp³-hybridized carbons (Fsp3) is 0.286. The molecule has 0 fully saturated rings. The van der Waals surface area contributed by atoms with Crippen LogP contribution in [0, 0.1) is 0 Å². The third-order valence-corrected chi connectivity index (χ3v) is 5.02. The molecule has 1 aromatic carbocycles. The lowest BCUT2D eigenvalue weighted by Gasteiger charge is -2.14. The summed E-state index contributed by atoms with van der Waals surface area (Å²) in [5.41, 5.74) is 0.370. The lowest BCUT2D eigenvalue weighted by Crippen LogP contribution is -2.31. The van der Waals surface area contributed by atoms with Crippen LogP contribution in [0.25, 0.3) is 0 Å². The minimum atomic E-state index is -0.449. The second-order valence-electron chi connectivity index (χ2n) is 4.26. The number of thioether (sulfide) groups is 2. The third kappa shape index (κ3) is 3.46. The number of hydrogen-bond acceptors (Lipinski definition) is 7. The molecule has 6 nitrogen and oxygen atoms in total. The zero-order valence-corrected chi connectivity index (χ0v) is 13.2. The first-order valence-electron chi connectivity index (χ1n) is 6.49. The summed E-state index contributed by atoms with van der Waals surface area (Å²) < 4.78 is 0. The number of carbonyl (C=O) groups is 2. The van der Waals surface area contributed by atoms with Gasteiger partial charge in [-0.25, -0.2) is 4.90 Å². The quantitative estimate of drug-likeness (QED) is 0.635. The number of aromatic hydroxyl groups is 1. The van der Waals surface area contributed by atoms with Crippen molar-refractivity contribution in [2.24, 2.45) is 0 Å². The molecule has 0 aliphatic carbocycles. The van der Waals surface area contributed by atoms with Crippen molar-refractivity contribution < 1.29 is 24.9 Å². The molecule has 0 spiro atoms. The number of phenols is 1. The zero-order valence-electron chi connectivity index (χ0n) is 11.6. The maximum absolute atomic E-state index is 12.5. The number of benzene rings is 1. The van der Waals surface area contributed by atoms with Gasteiger partial charge >= 0.3 is 0 Å². The van der Waals surface area contributed by atoms with Gasteiger partial charge in [0.25, 0.3) is 11.8 Å². The molecule has 3 N–H and O–H groups in total. The molecule has 0 bridgehead atoms. The number of amides is 2. The van der Waals surface area contributed by atoms with Crippen molar-refractivity contribution in [1.82, 2.24) is 0 Å². The second kappa shape index (κ2) is 7.68. The van der Waals surface area contributed by atoms with Crippen molar-refractivity contribution in [3.05, 3.63) is 34.1 Å². The minimum Gasteiger partial charge on any atom is -0.508 e. The van der Waals surface area contributed by atoms with E-state index in [4.69, 9.17) is 10.2 Å². The topological polar surface area (TPSA) is 98.1 Å². The minimum absolute atomic E-state index is 0.0422. The molecule has 0 saturated heterocycles.